The van der Waals surface area contributed by atoms with Gasteiger partial charge in [-0.1, -0.05) is 18.2 Å². The molecule has 0 aliphatic rings. The van der Waals surface area contributed by atoms with E-state index in [0.29, 0.717) is 16.8 Å². The molecular weight excluding hydrogens is 267 g/mol. The van der Waals surface area contributed by atoms with E-state index in [4.69, 9.17) is 0 Å². The van der Waals surface area contributed by atoms with Crippen LogP contribution in [0.3, 0.4) is 0 Å². The van der Waals surface area contributed by atoms with Crippen molar-refractivity contribution in [3.8, 4) is 0 Å². The van der Waals surface area contributed by atoms with E-state index in [2.05, 4.69) is 17.6 Å². The Labute approximate surface area is 124 Å². The first kappa shape index (κ1) is 15.2. The Kier molecular flexibility index (Phi) is 4.70. The summed E-state index contributed by atoms with van der Waals surface area (Å²) in [7, 11) is 1.90. The average molecular weight is 286 g/mol. The molecule has 0 aliphatic carbocycles. The highest BCUT2D eigenvalue weighted by atomic mass is 19.1. The maximum Gasteiger partial charge on any atom is 0.255 e. The van der Waals surface area contributed by atoms with Gasteiger partial charge in [-0.15, -0.1) is 0 Å². The normalized spacial score (nSPS) is 12.0. The predicted molar refractivity (Wildman–Crippen MR) is 83.0 cm³/mol. The summed E-state index contributed by atoms with van der Waals surface area (Å²) in [5.41, 5.74) is 2.66. The predicted octanol–water partition coefficient (Wildman–Crippen LogP) is 3.67. The van der Waals surface area contributed by atoms with Crippen LogP contribution in [0.15, 0.2) is 42.5 Å². The first-order valence-corrected chi connectivity index (χ1v) is 6.86. The van der Waals surface area contributed by atoms with Gasteiger partial charge in [0.05, 0.1) is 0 Å². The largest absolute Gasteiger partial charge is 0.322 e. The molecule has 2 aromatic carbocycles. The van der Waals surface area contributed by atoms with Crippen LogP contribution in [0, 0.1) is 12.7 Å². The Morgan fingerprint density at radius 2 is 1.81 bits per heavy atom. The van der Waals surface area contributed by atoms with Crippen LogP contribution in [0.2, 0.25) is 0 Å². The van der Waals surface area contributed by atoms with Crippen molar-refractivity contribution in [2.75, 3.05) is 12.4 Å². The number of nitrogens with one attached hydrogen (secondary N) is 2. The molecule has 0 spiro atoms. The van der Waals surface area contributed by atoms with Crippen LogP contribution in [0.25, 0.3) is 0 Å². The van der Waals surface area contributed by atoms with Gasteiger partial charge in [-0.25, -0.2) is 4.39 Å². The number of halogens is 1. The number of hydrogen-bond acceptors (Lipinski definition) is 2. The second-order valence-electron chi connectivity index (χ2n) is 5.05. The molecule has 0 radical (unpaired) electrons. The number of hydrogen-bond donors (Lipinski definition) is 2. The third-order valence-electron chi connectivity index (χ3n) is 3.54. The van der Waals surface area contributed by atoms with Crippen molar-refractivity contribution in [1.82, 2.24) is 5.32 Å². The van der Waals surface area contributed by atoms with E-state index in [1.165, 1.54) is 6.07 Å². The highest BCUT2D eigenvalue weighted by molar-refractivity contribution is 6.04. The highest BCUT2D eigenvalue weighted by Crippen LogP contribution is 2.17. The van der Waals surface area contributed by atoms with Gasteiger partial charge in [0.1, 0.15) is 5.82 Å². The minimum Gasteiger partial charge on any atom is -0.322 e. The van der Waals surface area contributed by atoms with E-state index in [-0.39, 0.29) is 17.8 Å². The van der Waals surface area contributed by atoms with Gasteiger partial charge in [0.15, 0.2) is 0 Å². The molecule has 0 fully saturated rings. The molecule has 110 valence electrons. The fourth-order valence-electron chi connectivity index (χ4n) is 1.96. The van der Waals surface area contributed by atoms with Gasteiger partial charge in [0, 0.05) is 17.3 Å². The van der Waals surface area contributed by atoms with Crippen molar-refractivity contribution in [3.05, 3.63) is 65.0 Å². The SMILES string of the molecule is CNC(C)c1ccc(NC(=O)c2ccc(C)c(F)c2)cc1. The molecule has 21 heavy (non-hydrogen) atoms. The van der Waals surface area contributed by atoms with Gasteiger partial charge >= 0.3 is 0 Å². The minimum atomic E-state index is -0.374. The van der Waals surface area contributed by atoms with Crippen molar-refractivity contribution < 1.29 is 9.18 Å². The summed E-state index contributed by atoms with van der Waals surface area (Å²) < 4.78 is 13.5. The fraction of sp³-hybridized carbons (Fsp3) is 0.235. The number of amides is 1. The van der Waals surface area contributed by atoms with Gasteiger partial charge in [0.2, 0.25) is 0 Å². The van der Waals surface area contributed by atoms with Gasteiger partial charge in [-0.05, 0) is 56.3 Å². The van der Waals surface area contributed by atoms with Gasteiger partial charge < -0.3 is 10.6 Å². The van der Waals surface area contributed by atoms with Gasteiger partial charge in [-0.2, -0.15) is 0 Å². The minimum absolute atomic E-state index is 0.251. The number of carbonyl (C=O) groups is 1. The number of benzene rings is 2. The number of anilines is 1. The molecule has 0 saturated heterocycles. The molecule has 0 heterocycles. The Morgan fingerprint density at radius 3 is 2.38 bits per heavy atom. The fourth-order valence-corrected chi connectivity index (χ4v) is 1.96. The number of rotatable bonds is 4. The summed E-state index contributed by atoms with van der Waals surface area (Å²) in [4.78, 5) is 12.1. The lowest BCUT2D eigenvalue weighted by Crippen LogP contribution is -2.14. The molecule has 2 N–H and O–H groups in total. The monoisotopic (exact) mass is 286 g/mol. The second kappa shape index (κ2) is 6.50. The zero-order chi connectivity index (χ0) is 15.4. The lowest BCUT2D eigenvalue weighted by Gasteiger charge is -2.11. The van der Waals surface area contributed by atoms with Gasteiger partial charge in [-0.3, -0.25) is 4.79 Å². The summed E-state index contributed by atoms with van der Waals surface area (Å²) in [6.07, 6.45) is 0. The Morgan fingerprint density at radius 1 is 1.14 bits per heavy atom. The lowest BCUT2D eigenvalue weighted by molar-refractivity contribution is 0.102. The first-order chi connectivity index (χ1) is 10.0. The average Bonchev–Trinajstić information content (AvgIpc) is 2.50. The first-order valence-electron chi connectivity index (χ1n) is 6.86. The Bertz CT molecular complexity index is 638. The van der Waals surface area contributed by atoms with E-state index >= 15 is 0 Å². The molecule has 1 amide bonds. The molecule has 0 aliphatic heterocycles. The van der Waals surface area contributed by atoms with Crippen LogP contribution in [-0.2, 0) is 0 Å². The zero-order valence-corrected chi connectivity index (χ0v) is 12.4. The summed E-state index contributed by atoms with van der Waals surface area (Å²) in [5.74, 6) is -0.691. The molecule has 0 saturated carbocycles. The summed E-state index contributed by atoms with van der Waals surface area (Å²) in [6.45, 7) is 3.72. The lowest BCUT2D eigenvalue weighted by atomic mass is 10.1. The van der Waals surface area contributed by atoms with E-state index < -0.39 is 0 Å². The Balaban J connectivity index is 2.10. The maximum atomic E-state index is 13.5. The zero-order valence-electron chi connectivity index (χ0n) is 12.4. The second-order valence-corrected chi connectivity index (χ2v) is 5.05. The van der Waals surface area contributed by atoms with Crippen LogP contribution in [0.1, 0.15) is 34.5 Å². The smallest absolute Gasteiger partial charge is 0.255 e. The quantitative estimate of drug-likeness (QED) is 0.900. The Hall–Kier alpha value is -2.20. The van der Waals surface area contributed by atoms with Gasteiger partial charge in [0.25, 0.3) is 5.91 Å². The maximum absolute atomic E-state index is 13.5. The molecule has 3 nitrogen and oxygen atoms in total. The van der Waals surface area contributed by atoms with Crippen molar-refractivity contribution in [3.63, 3.8) is 0 Å². The number of carbonyl (C=O) groups excluding carboxylic acids is 1. The summed E-state index contributed by atoms with van der Waals surface area (Å²) in [5, 5.41) is 5.91. The molecular formula is C17H19FN2O. The standard InChI is InChI=1S/C17H19FN2O/c1-11-4-5-14(10-16(11)18)17(21)20-15-8-6-13(7-9-15)12(2)19-3/h4-10,12,19H,1-3H3,(H,20,21). The van der Waals surface area contributed by atoms with E-state index in [1.807, 2.05) is 31.3 Å². The molecule has 0 bridgehead atoms. The van der Waals surface area contributed by atoms with E-state index in [0.717, 1.165) is 5.56 Å². The van der Waals surface area contributed by atoms with Crippen molar-refractivity contribution in [2.45, 2.75) is 19.9 Å². The van der Waals surface area contributed by atoms with Crippen molar-refractivity contribution in [2.24, 2.45) is 0 Å². The molecule has 1 unspecified atom stereocenters. The van der Waals surface area contributed by atoms with Crippen LogP contribution < -0.4 is 10.6 Å². The third kappa shape index (κ3) is 3.67. The van der Waals surface area contributed by atoms with E-state index in [9.17, 15) is 9.18 Å². The molecule has 1 atom stereocenters. The molecule has 2 aromatic rings. The topological polar surface area (TPSA) is 41.1 Å². The van der Waals surface area contributed by atoms with Crippen LogP contribution in [0.4, 0.5) is 10.1 Å². The van der Waals surface area contributed by atoms with Crippen molar-refractivity contribution >= 4 is 11.6 Å². The van der Waals surface area contributed by atoms with E-state index in [1.54, 1.807) is 19.1 Å². The van der Waals surface area contributed by atoms with Crippen LogP contribution in [-0.4, -0.2) is 13.0 Å². The molecule has 4 heteroatoms. The third-order valence-corrected chi connectivity index (χ3v) is 3.54. The number of aryl methyl sites for hydroxylation is 1. The molecule has 0 aromatic heterocycles. The van der Waals surface area contributed by atoms with Crippen LogP contribution in [0.5, 0.6) is 0 Å². The highest BCUT2D eigenvalue weighted by Gasteiger charge is 2.09. The summed E-state index contributed by atoms with van der Waals surface area (Å²) >= 11 is 0. The van der Waals surface area contributed by atoms with Crippen molar-refractivity contribution in [1.29, 1.82) is 0 Å². The molecule has 2 rings (SSSR count). The van der Waals surface area contributed by atoms with Crippen LogP contribution >= 0.6 is 0 Å². The summed E-state index contributed by atoms with van der Waals surface area (Å²) in [6, 6.07) is 12.3.